The lowest BCUT2D eigenvalue weighted by Gasteiger charge is -2.33. The Hall–Kier alpha value is -1.03. The zero-order chi connectivity index (χ0) is 8.84. The van der Waals surface area contributed by atoms with Gasteiger partial charge in [0.05, 0.1) is 12.0 Å². The number of carbonyl (C=O) groups is 1. The molecule has 0 saturated carbocycles. The highest BCUT2D eigenvalue weighted by molar-refractivity contribution is 5.82. The molecule has 0 aromatic rings. The van der Waals surface area contributed by atoms with Crippen molar-refractivity contribution >= 4 is 5.91 Å². The first-order valence-corrected chi connectivity index (χ1v) is 4.71. The summed E-state index contributed by atoms with van der Waals surface area (Å²) in [6.07, 6.45) is 5.41. The van der Waals surface area contributed by atoms with E-state index in [0.29, 0.717) is 12.0 Å². The van der Waals surface area contributed by atoms with E-state index in [-0.39, 0.29) is 17.9 Å². The van der Waals surface area contributed by atoms with E-state index < -0.39 is 0 Å². The quantitative estimate of drug-likeness (QED) is 0.548. The number of rotatable bonds is 0. The lowest BCUT2D eigenvalue weighted by atomic mass is 9.82. The summed E-state index contributed by atoms with van der Waals surface area (Å²) in [4.78, 5) is 11.3. The van der Waals surface area contributed by atoms with Gasteiger partial charge in [0.15, 0.2) is 0 Å². The highest BCUT2D eigenvalue weighted by Gasteiger charge is 2.45. The van der Waals surface area contributed by atoms with Crippen molar-refractivity contribution < 1.29 is 4.79 Å². The van der Waals surface area contributed by atoms with Crippen molar-refractivity contribution in [2.24, 2.45) is 22.1 Å². The van der Waals surface area contributed by atoms with Crippen molar-refractivity contribution in [1.29, 1.82) is 0 Å². The van der Waals surface area contributed by atoms with Gasteiger partial charge < -0.3 is 5.32 Å². The molecular weight excluding hydrogens is 166 g/mol. The minimum Gasteiger partial charge on any atom is -0.312 e. The van der Waals surface area contributed by atoms with Gasteiger partial charge in [-0.05, 0) is 6.42 Å². The molecule has 1 amide bonds. The third kappa shape index (κ3) is 0.920. The molecule has 0 aromatic heterocycles. The average Bonchev–Trinajstić information content (AvgIpc) is 2.70. The second-order valence-electron chi connectivity index (χ2n) is 3.91. The molecule has 3 aliphatic rings. The molecule has 0 bridgehead atoms. The maximum Gasteiger partial charge on any atom is 0.270 e. The lowest BCUT2D eigenvalue weighted by Crippen LogP contribution is -2.51. The van der Waals surface area contributed by atoms with Gasteiger partial charge in [-0.3, -0.25) is 4.79 Å². The van der Waals surface area contributed by atoms with Crippen LogP contribution in [0.5, 0.6) is 0 Å². The fraction of sp³-hybridized carbons (Fsp3) is 0.667. The average molecular weight is 177 g/mol. The normalized spacial score (nSPS) is 46.6. The van der Waals surface area contributed by atoms with Gasteiger partial charge in [0, 0.05) is 18.5 Å². The zero-order valence-electron chi connectivity index (χ0n) is 7.18. The number of amides is 1. The summed E-state index contributed by atoms with van der Waals surface area (Å²) in [6.45, 7) is 0.749. The molecule has 4 nitrogen and oxygen atoms in total. The molecule has 2 heterocycles. The van der Waals surface area contributed by atoms with E-state index in [9.17, 15) is 4.79 Å². The second-order valence-corrected chi connectivity index (χ2v) is 3.91. The van der Waals surface area contributed by atoms with E-state index in [4.69, 9.17) is 0 Å². The van der Waals surface area contributed by atoms with Crippen molar-refractivity contribution in [3.05, 3.63) is 12.2 Å². The number of nitrogens with zero attached hydrogens (tertiary/aromatic N) is 2. The summed E-state index contributed by atoms with van der Waals surface area (Å²) in [5.74, 6) is 0.356. The summed E-state index contributed by atoms with van der Waals surface area (Å²) in [5.41, 5.74) is 0. The largest absolute Gasteiger partial charge is 0.312 e. The molecule has 1 saturated heterocycles. The Balaban J connectivity index is 1.92. The van der Waals surface area contributed by atoms with Crippen molar-refractivity contribution in [2.45, 2.75) is 18.5 Å². The summed E-state index contributed by atoms with van der Waals surface area (Å²) in [5, 5.41) is 11.1. The molecule has 0 radical (unpaired) electrons. The molecule has 4 unspecified atom stereocenters. The van der Waals surface area contributed by atoms with Crippen LogP contribution in [0.25, 0.3) is 0 Å². The Morgan fingerprint density at radius 1 is 1.54 bits per heavy atom. The van der Waals surface area contributed by atoms with Crippen LogP contribution in [0.2, 0.25) is 0 Å². The highest BCUT2D eigenvalue weighted by atomic mass is 16.2. The number of carbonyl (C=O) groups excluding carboxylic acids is 1. The summed E-state index contributed by atoms with van der Waals surface area (Å²) in [6, 6.07) is 0.614. The topological polar surface area (TPSA) is 53.8 Å². The van der Waals surface area contributed by atoms with Crippen LogP contribution in [0.15, 0.2) is 22.4 Å². The van der Waals surface area contributed by atoms with Gasteiger partial charge in [-0.25, -0.2) is 0 Å². The van der Waals surface area contributed by atoms with Crippen molar-refractivity contribution in [3.63, 3.8) is 0 Å². The van der Waals surface area contributed by atoms with Gasteiger partial charge >= 0.3 is 0 Å². The Labute approximate surface area is 76.1 Å². The SMILES string of the molecule is O=C1N=NC2C1CNC1CC=CC12. The number of hydrogen-bond donors (Lipinski definition) is 1. The van der Waals surface area contributed by atoms with E-state index in [2.05, 4.69) is 27.7 Å². The fourth-order valence-corrected chi connectivity index (χ4v) is 2.50. The first kappa shape index (κ1) is 7.38. The standard InChI is InChI=1S/C9H11N3O/c13-9-6-4-10-7-3-1-2-5(7)8(6)11-12-9/h1-2,5-8,10H,3-4H2. The Bertz CT molecular complexity index is 310. The first-order chi connectivity index (χ1) is 6.36. The predicted octanol–water partition coefficient (Wildman–Crippen LogP) is 0.511. The van der Waals surface area contributed by atoms with Crippen LogP contribution in [0, 0.1) is 11.8 Å². The van der Waals surface area contributed by atoms with Crippen LogP contribution >= 0.6 is 0 Å². The molecule has 0 aromatic carbocycles. The van der Waals surface area contributed by atoms with Gasteiger partial charge in [0.2, 0.25) is 0 Å². The molecule has 1 aliphatic carbocycles. The smallest absolute Gasteiger partial charge is 0.270 e. The third-order valence-electron chi connectivity index (χ3n) is 3.23. The number of piperidine rings is 1. The molecule has 4 atom stereocenters. The van der Waals surface area contributed by atoms with Crippen LogP contribution in [0.1, 0.15) is 6.42 Å². The Morgan fingerprint density at radius 2 is 2.46 bits per heavy atom. The summed E-state index contributed by atoms with van der Waals surface area (Å²) >= 11 is 0. The molecular formula is C9H11N3O. The molecule has 13 heavy (non-hydrogen) atoms. The van der Waals surface area contributed by atoms with E-state index in [1.165, 1.54) is 0 Å². The monoisotopic (exact) mass is 177 g/mol. The highest BCUT2D eigenvalue weighted by Crippen LogP contribution is 2.35. The molecule has 1 fully saturated rings. The maximum absolute atomic E-state index is 11.3. The van der Waals surface area contributed by atoms with Gasteiger partial charge in [0.25, 0.3) is 5.91 Å². The maximum atomic E-state index is 11.3. The van der Waals surface area contributed by atoms with Crippen LogP contribution in [-0.4, -0.2) is 24.5 Å². The molecule has 4 heteroatoms. The zero-order valence-corrected chi connectivity index (χ0v) is 7.18. The second kappa shape index (κ2) is 2.48. The van der Waals surface area contributed by atoms with E-state index >= 15 is 0 Å². The van der Waals surface area contributed by atoms with Crippen LogP contribution in [0.4, 0.5) is 0 Å². The molecule has 1 N–H and O–H groups in total. The predicted molar refractivity (Wildman–Crippen MR) is 46.2 cm³/mol. The van der Waals surface area contributed by atoms with Gasteiger partial charge in [-0.15, -0.1) is 5.11 Å². The van der Waals surface area contributed by atoms with Crippen molar-refractivity contribution in [1.82, 2.24) is 5.32 Å². The number of nitrogens with one attached hydrogen (secondary N) is 1. The minimum absolute atomic E-state index is 0.00370. The lowest BCUT2D eigenvalue weighted by molar-refractivity contribution is -0.121. The summed E-state index contributed by atoms with van der Waals surface area (Å²) < 4.78 is 0. The van der Waals surface area contributed by atoms with Crippen LogP contribution < -0.4 is 5.32 Å². The van der Waals surface area contributed by atoms with Crippen molar-refractivity contribution in [3.8, 4) is 0 Å². The molecule has 2 aliphatic heterocycles. The fourth-order valence-electron chi connectivity index (χ4n) is 2.50. The molecule has 0 spiro atoms. The Kier molecular flexibility index (Phi) is 1.41. The van der Waals surface area contributed by atoms with Crippen LogP contribution in [-0.2, 0) is 4.79 Å². The van der Waals surface area contributed by atoms with Gasteiger partial charge in [-0.2, -0.15) is 5.11 Å². The van der Waals surface area contributed by atoms with E-state index in [1.54, 1.807) is 0 Å². The van der Waals surface area contributed by atoms with Gasteiger partial charge in [0.1, 0.15) is 0 Å². The minimum atomic E-state index is -0.0451. The van der Waals surface area contributed by atoms with Gasteiger partial charge in [-0.1, -0.05) is 12.2 Å². The van der Waals surface area contributed by atoms with Crippen molar-refractivity contribution in [2.75, 3.05) is 6.54 Å². The molecule has 68 valence electrons. The van der Waals surface area contributed by atoms with Crippen LogP contribution in [0.3, 0.4) is 0 Å². The third-order valence-corrected chi connectivity index (χ3v) is 3.23. The number of azo groups is 1. The molecule has 3 rings (SSSR count). The van der Waals surface area contributed by atoms with E-state index in [0.717, 1.165) is 13.0 Å². The van der Waals surface area contributed by atoms with E-state index in [1.807, 2.05) is 0 Å². The number of fused-ring (bicyclic) bond motifs is 3. The first-order valence-electron chi connectivity index (χ1n) is 4.71. The Morgan fingerprint density at radius 3 is 3.38 bits per heavy atom. The summed E-state index contributed by atoms with van der Waals surface area (Å²) in [7, 11) is 0. The number of hydrogen-bond acceptors (Lipinski definition) is 3.